The van der Waals surface area contributed by atoms with Crippen LogP contribution in [-0.2, 0) is 21.3 Å². The molecule has 1 aromatic carbocycles. The van der Waals surface area contributed by atoms with Gasteiger partial charge in [-0.25, -0.2) is 8.78 Å². The second-order valence-electron chi connectivity index (χ2n) is 4.31. The number of carbonyl (C=O) groups is 1. The van der Waals surface area contributed by atoms with E-state index in [9.17, 15) is 17.8 Å². The fourth-order valence-electron chi connectivity index (χ4n) is 1.65. The molecule has 0 fully saturated rings. The van der Waals surface area contributed by atoms with E-state index in [1.807, 2.05) is 0 Å². The maximum atomic E-state index is 12.9. The standard InChI is InChI=1S/C12H14F2O3S/c1-7(2)11(12(15)16)18(17)6-8-3-9(13)5-10(14)4-8/h3-5,7,11H,6H2,1-2H3,(H,15,16). The summed E-state index contributed by atoms with van der Waals surface area (Å²) in [6.45, 7) is 3.28. The number of hydrogen-bond donors (Lipinski definition) is 1. The zero-order valence-electron chi connectivity index (χ0n) is 10.0. The Kier molecular flexibility index (Phi) is 4.95. The third-order valence-corrected chi connectivity index (χ3v) is 4.29. The summed E-state index contributed by atoms with van der Waals surface area (Å²) < 4.78 is 37.8. The van der Waals surface area contributed by atoms with Crippen molar-refractivity contribution < 1.29 is 22.9 Å². The van der Waals surface area contributed by atoms with Gasteiger partial charge in [0.15, 0.2) is 0 Å². The zero-order chi connectivity index (χ0) is 13.9. The molecule has 18 heavy (non-hydrogen) atoms. The Hall–Kier alpha value is -1.30. The van der Waals surface area contributed by atoms with Crippen molar-refractivity contribution in [3.05, 3.63) is 35.4 Å². The van der Waals surface area contributed by atoms with E-state index in [-0.39, 0.29) is 17.2 Å². The van der Waals surface area contributed by atoms with Crippen LogP contribution in [0.25, 0.3) is 0 Å². The van der Waals surface area contributed by atoms with Gasteiger partial charge in [0.05, 0.1) is 0 Å². The molecular weight excluding hydrogens is 262 g/mol. The van der Waals surface area contributed by atoms with Gasteiger partial charge in [0, 0.05) is 22.6 Å². The van der Waals surface area contributed by atoms with E-state index >= 15 is 0 Å². The summed E-state index contributed by atoms with van der Waals surface area (Å²) in [5.74, 6) is -3.19. The largest absolute Gasteiger partial charge is 0.480 e. The molecule has 0 saturated heterocycles. The van der Waals surface area contributed by atoms with E-state index in [0.717, 1.165) is 12.1 Å². The average Bonchev–Trinajstić information content (AvgIpc) is 2.13. The minimum Gasteiger partial charge on any atom is -0.480 e. The highest BCUT2D eigenvalue weighted by Crippen LogP contribution is 2.16. The van der Waals surface area contributed by atoms with Crippen molar-refractivity contribution >= 4 is 16.8 Å². The molecule has 0 spiro atoms. The molecule has 2 unspecified atom stereocenters. The Morgan fingerprint density at radius 2 is 1.78 bits per heavy atom. The summed E-state index contributed by atoms with van der Waals surface area (Å²) in [5.41, 5.74) is 0.192. The Bertz CT molecular complexity index is 454. The van der Waals surface area contributed by atoms with Gasteiger partial charge in [-0.1, -0.05) is 13.8 Å². The Balaban J connectivity index is 2.89. The van der Waals surface area contributed by atoms with E-state index < -0.39 is 33.7 Å². The van der Waals surface area contributed by atoms with Crippen molar-refractivity contribution in [2.45, 2.75) is 24.9 Å². The minimum absolute atomic E-state index is 0.177. The Morgan fingerprint density at radius 3 is 2.17 bits per heavy atom. The molecule has 0 aliphatic carbocycles. The van der Waals surface area contributed by atoms with Crippen LogP contribution in [-0.4, -0.2) is 20.5 Å². The maximum absolute atomic E-state index is 12.9. The summed E-state index contributed by atoms with van der Waals surface area (Å²) in [7, 11) is -1.72. The van der Waals surface area contributed by atoms with Gasteiger partial charge in [-0.15, -0.1) is 0 Å². The monoisotopic (exact) mass is 276 g/mol. The average molecular weight is 276 g/mol. The van der Waals surface area contributed by atoms with E-state index in [4.69, 9.17) is 5.11 Å². The predicted octanol–water partition coefficient (Wildman–Crippen LogP) is 2.32. The van der Waals surface area contributed by atoms with Crippen molar-refractivity contribution in [2.24, 2.45) is 5.92 Å². The van der Waals surface area contributed by atoms with Crippen molar-refractivity contribution in [2.75, 3.05) is 0 Å². The van der Waals surface area contributed by atoms with Crippen LogP contribution in [0.3, 0.4) is 0 Å². The lowest BCUT2D eigenvalue weighted by Gasteiger charge is -2.15. The Morgan fingerprint density at radius 1 is 1.28 bits per heavy atom. The van der Waals surface area contributed by atoms with Crippen LogP contribution in [0.4, 0.5) is 8.78 Å². The quantitative estimate of drug-likeness (QED) is 0.898. The molecular formula is C12H14F2O3S. The number of rotatable bonds is 5. The number of hydrogen-bond acceptors (Lipinski definition) is 2. The number of halogens is 2. The minimum atomic E-state index is -1.72. The van der Waals surface area contributed by atoms with Crippen molar-refractivity contribution in [1.29, 1.82) is 0 Å². The van der Waals surface area contributed by atoms with Gasteiger partial charge in [-0.3, -0.25) is 9.00 Å². The third-order valence-electron chi connectivity index (χ3n) is 2.36. The highest BCUT2D eigenvalue weighted by Gasteiger charge is 2.28. The van der Waals surface area contributed by atoms with Crippen molar-refractivity contribution in [3.8, 4) is 0 Å². The number of aliphatic carboxylic acids is 1. The molecule has 0 aliphatic rings. The van der Waals surface area contributed by atoms with Gasteiger partial charge >= 0.3 is 5.97 Å². The van der Waals surface area contributed by atoms with E-state index in [2.05, 4.69) is 0 Å². The lowest BCUT2D eigenvalue weighted by atomic mass is 10.1. The molecule has 0 saturated carbocycles. The van der Waals surface area contributed by atoms with E-state index in [0.29, 0.717) is 6.07 Å². The van der Waals surface area contributed by atoms with Gasteiger partial charge in [0.2, 0.25) is 0 Å². The molecule has 3 nitrogen and oxygen atoms in total. The van der Waals surface area contributed by atoms with Crippen LogP contribution >= 0.6 is 0 Å². The van der Waals surface area contributed by atoms with E-state index in [1.165, 1.54) is 0 Å². The SMILES string of the molecule is CC(C)C(C(=O)O)S(=O)Cc1cc(F)cc(F)c1. The van der Waals surface area contributed by atoms with Crippen LogP contribution < -0.4 is 0 Å². The lowest BCUT2D eigenvalue weighted by molar-refractivity contribution is -0.137. The molecule has 100 valence electrons. The highest BCUT2D eigenvalue weighted by atomic mass is 32.2. The molecule has 1 aromatic rings. The fraction of sp³-hybridized carbons (Fsp3) is 0.417. The van der Waals surface area contributed by atoms with Gasteiger partial charge in [-0.05, 0) is 23.6 Å². The van der Waals surface area contributed by atoms with Gasteiger partial charge in [0.1, 0.15) is 16.9 Å². The first kappa shape index (κ1) is 14.8. The molecule has 0 radical (unpaired) electrons. The third kappa shape index (κ3) is 3.87. The number of carboxylic acids is 1. The first-order valence-corrected chi connectivity index (χ1v) is 6.74. The molecule has 2 atom stereocenters. The van der Waals surface area contributed by atoms with Crippen molar-refractivity contribution in [3.63, 3.8) is 0 Å². The van der Waals surface area contributed by atoms with E-state index in [1.54, 1.807) is 13.8 Å². The van der Waals surface area contributed by atoms with Gasteiger partial charge in [-0.2, -0.15) is 0 Å². The van der Waals surface area contributed by atoms with Crippen LogP contribution in [0.1, 0.15) is 19.4 Å². The lowest BCUT2D eigenvalue weighted by Crippen LogP contribution is -2.31. The smallest absolute Gasteiger partial charge is 0.319 e. The molecule has 6 heteroatoms. The fourth-order valence-corrected chi connectivity index (χ4v) is 3.16. The summed E-state index contributed by atoms with van der Waals surface area (Å²) in [5, 5.41) is 7.92. The molecule has 0 amide bonds. The van der Waals surface area contributed by atoms with Crippen LogP contribution in [0.5, 0.6) is 0 Å². The normalized spacial score (nSPS) is 14.5. The molecule has 0 heterocycles. The van der Waals surface area contributed by atoms with Crippen molar-refractivity contribution in [1.82, 2.24) is 0 Å². The second kappa shape index (κ2) is 6.04. The van der Waals surface area contributed by atoms with Crippen LogP contribution in [0.2, 0.25) is 0 Å². The summed E-state index contributed by atoms with van der Waals surface area (Å²) in [6, 6.07) is 2.82. The summed E-state index contributed by atoms with van der Waals surface area (Å²) >= 11 is 0. The number of benzene rings is 1. The first-order valence-electron chi connectivity index (χ1n) is 5.36. The Labute approximate surface area is 106 Å². The molecule has 1 rings (SSSR count). The topological polar surface area (TPSA) is 54.4 Å². The molecule has 0 aromatic heterocycles. The zero-order valence-corrected chi connectivity index (χ0v) is 10.8. The van der Waals surface area contributed by atoms with Crippen LogP contribution in [0.15, 0.2) is 18.2 Å². The van der Waals surface area contributed by atoms with Gasteiger partial charge in [0.25, 0.3) is 0 Å². The summed E-state index contributed by atoms with van der Waals surface area (Å²) in [4.78, 5) is 11.0. The molecule has 1 N–H and O–H groups in total. The maximum Gasteiger partial charge on any atom is 0.319 e. The molecule has 0 bridgehead atoms. The molecule has 0 aliphatic heterocycles. The second-order valence-corrected chi connectivity index (χ2v) is 5.86. The van der Waals surface area contributed by atoms with Gasteiger partial charge < -0.3 is 5.11 Å². The highest BCUT2D eigenvalue weighted by molar-refractivity contribution is 7.85. The van der Waals surface area contributed by atoms with Crippen LogP contribution in [0, 0.1) is 17.6 Å². The first-order chi connectivity index (χ1) is 8.31. The predicted molar refractivity (Wildman–Crippen MR) is 64.5 cm³/mol. The summed E-state index contributed by atoms with van der Waals surface area (Å²) in [6.07, 6.45) is 0. The number of carboxylic acid groups (broad SMARTS) is 1.